The van der Waals surface area contributed by atoms with E-state index < -0.39 is 0 Å². The second-order valence-corrected chi connectivity index (χ2v) is 4.24. The van der Waals surface area contributed by atoms with Gasteiger partial charge < -0.3 is 9.84 Å². The number of hydrogen-bond acceptors (Lipinski definition) is 2. The maximum Gasteiger partial charge on any atom is 0.0934 e. The summed E-state index contributed by atoms with van der Waals surface area (Å²) in [6.07, 6.45) is 1.28. The molecule has 1 N–H and O–H groups in total. The second-order valence-electron chi connectivity index (χ2n) is 2.46. The van der Waals surface area contributed by atoms with Gasteiger partial charge in [0.1, 0.15) is 0 Å². The Hall–Kier alpha value is 0.350. The molecule has 0 aromatic heterocycles. The first-order chi connectivity index (χ1) is 4.66. The molecular formula is C7H17O2P. The van der Waals surface area contributed by atoms with Gasteiger partial charge in [-0.1, -0.05) is 15.5 Å². The van der Waals surface area contributed by atoms with Crippen LogP contribution in [-0.4, -0.2) is 29.8 Å². The molecule has 3 heteroatoms. The van der Waals surface area contributed by atoms with Crippen LogP contribution in [0.3, 0.4) is 0 Å². The Morgan fingerprint density at radius 2 is 2.10 bits per heavy atom. The fourth-order valence-electron chi connectivity index (χ4n) is 0.578. The molecule has 2 unspecified atom stereocenters. The Morgan fingerprint density at radius 1 is 1.50 bits per heavy atom. The number of aliphatic hydroxyl groups is 1. The van der Waals surface area contributed by atoms with Crippen molar-refractivity contribution >= 4 is 8.58 Å². The predicted octanol–water partition coefficient (Wildman–Crippen LogP) is 1.43. The van der Waals surface area contributed by atoms with Gasteiger partial charge >= 0.3 is 0 Å². The minimum Gasteiger partial charge on any atom is -0.387 e. The molecule has 0 aliphatic rings. The highest BCUT2D eigenvalue weighted by atomic mass is 31.1. The first kappa shape index (κ1) is 10.3. The Bertz CT molecular complexity index is 76.0. The van der Waals surface area contributed by atoms with Crippen LogP contribution in [0.2, 0.25) is 0 Å². The van der Waals surface area contributed by atoms with Crippen molar-refractivity contribution in [1.29, 1.82) is 0 Å². The van der Waals surface area contributed by atoms with Crippen molar-refractivity contribution in [3.05, 3.63) is 0 Å². The number of hydrogen-bond donors (Lipinski definition) is 1. The normalized spacial score (nSPS) is 15.3. The Morgan fingerprint density at radius 3 is 2.50 bits per heavy atom. The minimum absolute atomic E-state index is 0.233. The van der Waals surface area contributed by atoms with Crippen molar-refractivity contribution in [1.82, 2.24) is 0 Å². The van der Waals surface area contributed by atoms with Crippen molar-refractivity contribution in [2.24, 2.45) is 0 Å². The van der Waals surface area contributed by atoms with Gasteiger partial charge in [0, 0.05) is 0 Å². The molecule has 0 spiro atoms. The van der Waals surface area contributed by atoms with Gasteiger partial charge in [0.15, 0.2) is 0 Å². The van der Waals surface area contributed by atoms with Crippen LogP contribution in [0.15, 0.2) is 0 Å². The van der Waals surface area contributed by atoms with Crippen LogP contribution in [0, 0.1) is 0 Å². The van der Waals surface area contributed by atoms with Gasteiger partial charge in [-0.15, -0.1) is 0 Å². The monoisotopic (exact) mass is 164 g/mol. The highest BCUT2D eigenvalue weighted by molar-refractivity contribution is 7.38. The van der Waals surface area contributed by atoms with E-state index in [2.05, 4.69) is 6.92 Å². The zero-order valence-corrected chi connectivity index (χ0v) is 7.92. The second kappa shape index (κ2) is 6.09. The van der Waals surface area contributed by atoms with Crippen LogP contribution in [-0.2, 0) is 4.74 Å². The Kier molecular flexibility index (Phi) is 6.30. The lowest BCUT2D eigenvalue weighted by Gasteiger charge is -2.11. The molecule has 0 radical (unpaired) electrons. The van der Waals surface area contributed by atoms with Crippen molar-refractivity contribution in [2.45, 2.75) is 32.7 Å². The summed E-state index contributed by atoms with van der Waals surface area (Å²) >= 11 is 0. The summed E-state index contributed by atoms with van der Waals surface area (Å²) in [7, 11) is 0.619. The molecule has 0 aromatic rings. The summed E-state index contributed by atoms with van der Waals surface area (Å²) in [5.74, 6) is -0.243. The molecule has 10 heavy (non-hydrogen) atoms. The summed E-state index contributed by atoms with van der Waals surface area (Å²) in [5.41, 5.74) is 0. The van der Waals surface area contributed by atoms with E-state index in [1.807, 2.05) is 13.8 Å². The zero-order valence-electron chi connectivity index (χ0n) is 6.92. The van der Waals surface area contributed by atoms with E-state index in [4.69, 9.17) is 4.74 Å². The average Bonchev–Trinajstić information content (AvgIpc) is 1.85. The fourth-order valence-corrected chi connectivity index (χ4v) is 1.26. The molecule has 0 aromatic carbocycles. The SMILES string of the molecule is CCPC(O)COC(C)C. The van der Waals surface area contributed by atoms with E-state index >= 15 is 0 Å². The third-order valence-electron chi connectivity index (χ3n) is 1.03. The van der Waals surface area contributed by atoms with Crippen molar-refractivity contribution in [3.8, 4) is 0 Å². The zero-order chi connectivity index (χ0) is 7.98. The molecular weight excluding hydrogens is 147 g/mol. The largest absolute Gasteiger partial charge is 0.387 e. The molecule has 0 fully saturated rings. The minimum atomic E-state index is -0.243. The lowest BCUT2D eigenvalue weighted by Crippen LogP contribution is -2.14. The van der Waals surface area contributed by atoms with Crippen LogP contribution >= 0.6 is 8.58 Å². The van der Waals surface area contributed by atoms with Crippen LogP contribution in [0.4, 0.5) is 0 Å². The van der Waals surface area contributed by atoms with Gasteiger partial charge in [-0.3, -0.25) is 0 Å². The highest BCUT2D eigenvalue weighted by Crippen LogP contribution is 2.15. The topological polar surface area (TPSA) is 29.5 Å². The lowest BCUT2D eigenvalue weighted by atomic mass is 10.5. The first-order valence-electron chi connectivity index (χ1n) is 3.69. The average molecular weight is 164 g/mol. The Balaban J connectivity index is 3.12. The molecule has 2 atom stereocenters. The van der Waals surface area contributed by atoms with Crippen LogP contribution in [0.1, 0.15) is 20.8 Å². The van der Waals surface area contributed by atoms with E-state index in [0.717, 1.165) is 6.16 Å². The van der Waals surface area contributed by atoms with E-state index in [1.165, 1.54) is 0 Å². The molecule has 2 nitrogen and oxygen atoms in total. The molecule has 62 valence electrons. The van der Waals surface area contributed by atoms with E-state index in [0.29, 0.717) is 15.2 Å². The predicted molar refractivity (Wildman–Crippen MR) is 46.0 cm³/mol. The Labute approximate surface area is 64.8 Å². The van der Waals surface area contributed by atoms with E-state index in [9.17, 15) is 5.11 Å². The van der Waals surface area contributed by atoms with Gasteiger partial charge in [0.2, 0.25) is 0 Å². The van der Waals surface area contributed by atoms with Crippen LogP contribution in [0.25, 0.3) is 0 Å². The molecule has 0 bridgehead atoms. The summed E-state index contributed by atoms with van der Waals surface area (Å²) < 4.78 is 5.21. The maximum absolute atomic E-state index is 9.19. The van der Waals surface area contributed by atoms with Crippen LogP contribution in [0.5, 0.6) is 0 Å². The third kappa shape index (κ3) is 6.47. The fraction of sp³-hybridized carbons (Fsp3) is 1.00. The quantitative estimate of drug-likeness (QED) is 0.623. The standard InChI is InChI=1S/C7H17O2P/c1-4-10-7(8)5-9-6(2)3/h6-8,10H,4-5H2,1-3H3. The highest BCUT2D eigenvalue weighted by Gasteiger charge is 2.02. The van der Waals surface area contributed by atoms with Gasteiger partial charge in [-0.05, 0) is 20.0 Å². The molecule has 0 amide bonds. The number of ether oxygens (including phenoxy) is 1. The van der Waals surface area contributed by atoms with Crippen molar-refractivity contribution in [2.75, 3.05) is 12.8 Å². The molecule has 0 rings (SSSR count). The molecule has 0 saturated heterocycles. The summed E-state index contributed by atoms with van der Waals surface area (Å²) in [5, 5.41) is 9.19. The summed E-state index contributed by atoms with van der Waals surface area (Å²) in [4.78, 5) is 0. The van der Waals surface area contributed by atoms with E-state index in [-0.39, 0.29) is 11.9 Å². The van der Waals surface area contributed by atoms with E-state index in [1.54, 1.807) is 0 Å². The number of aliphatic hydroxyl groups excluding tert-OH is 1. The van der Waals surface area contributed by atoms with Gasteiger partial charge in [0.25, 0.3) is 0 Å². The first-order valence-corrected chi connectivity index (χ1v) is 4.98. The molecule has 0 aliphatic carbocycles. The summed E-state index contributed by atoms with van der Waals surface area (Å²) in [6.45, 7) is 6.50. The van der Waals surface area contributed by atoms with Gasteiger partial charge in [0.05, 0.1) is 18.6 Å². The smallest absolute Gasteiger partial charge is 0.0934 e. The third-order valence-corrected chi connectivity index (χ3v) is 2.07. The van der Waals surface area contributed by atoms with Crippen LogP contribution < -0.4 is 0 Å². The molecule has 0 saturated carbocycles. The lowest BCUT2D eigenvalue weighted by molar-refractivity contribution is 0.0368. The maximum atomic E-state index is 9.19. The van der Waals surface area contributed by atoms with Gasteiger partial charge in [-0.2, -0.15) is 0 Å². The van der Waals surface area contributed by atoms with Crippen molar-refractivity contribution < 1.29 is 9.84 Å². The van der Waals surface area contributed by atoms with Crippen molar-refractivity contribution in [3.63, 3.8) is 0 Å². The molecule has 0 aliphatic heterocycles. The molecule has 0 heterocycles. The van der Waals surface area contributed by atoms with Gasteiger partial charge in [-0.25, -0.2) is 0 Å². The number of rotatable bonds is 5. The summed E-state index contributed by atoms with van der Waals surface area (Å²) in [6, 6.07) is 0.